The minimum atomic E-state index is -0.383. The Bertz CT molecular complexity index is 802. The summed E-state index contributed by atoms with van der Waals surface area (Å²) in [5.41, 5.74) is 1.32. The van der Waals surface area contributed by atoms with Gasteiger partial charge in [-0.05, 0) is 47.7 Å². The van der Waals surface area contributed by atoms with E-state index in [1.54, 1.807) is 18.2 Å². The molecule has 0 saturated heterocycles. The van der Waals surface area contributed by atoms with Crippen molar-refractivity contribution in [3.8, 4) is 11.5 Å². The van der Waals surface area contributed by atoms with Gasteiger partial charge in [-0.1, -0.05) is 12.1 Å². The maximum absolute atomic E-state index is 13.5. The standard InChI is InChI=1S/C19H23BrFN3O3/c1-24(2)16(12-6-5-7-13(21)8-12)11-22-19(25)23-15-10-18(27-4)17(26-3)9-14(15)20/h5-10,16H,11H2,1-4H3,(H2,22,23,25). The van der Waals surface area contributed by atoms with Crippen molar-refractivity contribution < 1.29 is 18.7 Å². The maximum atomic E-state index is 13.5. The summed E-state index contributed by atoms with van der Waals surface area (Å²) in [6, 6.07) is 9.18. The highest BCUT2D eigenvalue weighted by atomic mass is 79.9. The van der Waals surface area contributed by atoms with Gasteiger partial charge in [0.15, 0.2) is 11.5 Å². The first-order chi connectivity index (χ1) is 12.8. The number of likely N-dealkylation sites (N-methyl/N-ethyl adjacent to an activating group) is 1. The fourth-order valence-electron chi connectivity index (χ4n) is 2.62. The molecular formula is C19H23BrFN3O3. The predicted octanol–water partition coefficient (Wildman–Crippen LogP) is 4.03. The van der Waals surface area contributed by atoms with Crippen molar-refractivity contribution in [3.63, 3.8) is 0 Å². The van der Waals surface area contributed by atoms with E-state index < -0.39 is 0 Å². The molecule has 1 unspecified atom stereocenters. The molecule has 6 nitrogen and oxygen atoms in total. The third-order valence-electron chi connectivity index (χ3n) is 4.03. The number of nitrogens with one attached hydrogen (secondary N) is 2. The zero-order valence-corrected chi connectivity index (χ0v) is 17.3. The Labute approximate surface area is 166 Å². The number of halogens is 2. The van der Waals surface area contributed by atoms with Gasteiger partial charge < -0.3 is 25.0 Å². The fraction of sp³-hybridized carbons (Fsp3) is 0.316. The molecule has 0 aliphatic carbocycles. The largest absolute Gasteiger partial charge is 0.493 e. The fourth-order valence-corrected chi connectivity index (χ4v) is 3.04. The number of methoxy groups -OCH3 is 2. The van der Waals surface area contributed by atoms with Gasteiger partial charge >= 0.3 is 6.03 Å². The van der Waals surface area contributed by atoms with Gasteiger partial charge in [-0.2, -0.15) is 0 Å². The summed E-state index contributed by atoms with van der Waals surface area (Å²) in [4.78, 5) is 14.3. The lowest BCUT2D eigenvalue weighted by molar-refractivity contribution is 0.243. The smallest absolute Gasteiger partial charge is 0.319 e. The SMILES string of the molecule is COc1cc(Br)c(NC(=O)NCC(c2cccc(F)c2)N(C)C)cc1OC. The van der Waals surface area contributed by atoms with E-state index in [-0.39, 0.29) is 17.9 Å². The van der Waals surface area contributed by atoms with Crippen molar-refractivity contribution in [3.05, 3.63) is 52.3 Å². The molecule has 0 aromatic heterocycles. The topological polar surface area (TPSA) is 62.8 Å². The predicted molar refractivity (Wildman–Crippen MR) is 107 cm³/mol. The second kappa shape index (κ2) is 9.57. The Morgan fingerprint density at radius 3 is 2.44 bits per heavy atom. The minimum absolute atomic E-state index is 0.166. The first-order valence-corrected chi connectivity index (χ1v) is 9.03. The van der Waals surface area contributed by atoms with E-state index in [0.717, 1.165) is 5.56 Å². The van der Waals surface area contributed by atoms with Crippen LogP contribution < -0.4 is 20.1 Å². The monoisotopic (exact) mass is 439 g/mol. The number of carbonyl (C=O) groups excluding carboxylic acids is 1. The van der Waals surface area contributed by atoms with E-state index in [0.29, 0.717) is 28.2 Å². The van der Waals surface area contributed by atoms with E-state index in [1.165, 1.54) is 26.4 Å². The number of benzene rings is 2. The van der Waals surface area contributed by atoms with Crippen molar-refractivity contribution in [2.24, 2.45) is 0 Å². The van der Waals surface area contributed by atoms with E-state index in [2.05, 4.69) is 26.6 Å². The Morgan fingerprint density at radius 2 is 1.85 bits per heavy atom. The van der Waals surface area contributed by atoms with Crippen LogP contribution in [-0.4, -0.2) is 45.8 Å². The maximum Gasteiger partial charge on any atom is 0.319 e. The van der Waals surface area contributed by atoms with Gasteiger partial charge in [-0.3, -0.25) is 0 Å². The molecule has 0 radical (unpaired) electrons. The van der Waals surface area contributed by atoms with Crippen molar-refractivity contribution in [2.75, 3.05) is 40.2 Å². The summed E-state index contributed by atoms with van der Waals surface area (Å²) < 4.78 is 24.6. The van der Waals surface area contributed by atoms with Crippen molar-refractivity contribution in [2.45, 2.75) is 6.04 Å². The minimum Gasteiger partial charge on any atom is -0.493 e. The number of rotatable bonds is 7. The number of amides is 2. The number of hydrogen-bond donors (Lipinski definition) is 2. The quantitative estimate of drug-likeness (QED) is 0.683. The van der Waals surface area contributed by atoms with Crippen LogP contribution in [0.4, 0.5) is 14.9 Å². The van der Waals surface area contributed by atoms with Gasteiger partial charge in [0.2, 0.25) is 0 Å². The van der Waals surface area contributed by atoms with E-state index in [9.17, 15) is 9.18 Å². The highest BCUT2D eigenvalue weighted by Crippen LogP contribution is 2.36. The molecule has 0 spiro atoms. The van der Waals surface area contributed by atoms with Gasteiger partial charge in [-0.25, -0.2) is 9.18 Å². The molecule has 2 N–H and O–H groups in total. The second-order valence-electron chi connectivity index (χ2n) is 6.06. The van der Waals surface area contributed by atoms with Gasteiger partial charge in [0.1, 0.15) is 5.82 Å². The summed E-state index contributed by atoms with van der Waals surface area (Å²) in [6.45, 7) is 0.313. The molecule has 146 valence electrons. The van der Waals surface area contributed by atoms with Crippen LogP contribution in [0.15, 0.2) is 40.9 Å². The molecule has 0 aliphatic heterocycles. The number of nitrogens with zero attached hydrogens (tertiary/aromatic N) is 1. The van der Waals surface area contributed by atoms with Gasteiger partial charge in [0.25, 0.3) is 0 Å². The summed E-state index contributed by atoms with van der Waals surface area (Å²) in [5.74, 6) is 0.745. The first kappa shape index (κ1) is 21.0. The van der Waals surface area contributed by atoms with E-state index in [4.69, 9.17) is 9.47 Å². The van der Waals surface area contributed by atoms with E-state index in [1.807, 2.05) is 25.1 Å². The molecule has 1 atom stereocenters. The summed E-state index contributed by atoms with van der Waals surface area (Å²) >= 11 is 3.40. The molecule has 8 heteroatoms. The average molecular weight is 440 g/mol. The van der Waals surface area contributed by atoms with Crippen LogP contribution in [0.3, 0.4) is 0 Å². The Balaban J connectivity index is 2.06. The summed E-state index contributed by atoms with van der Waals surface area (Å²) in [6.07, 6.45) is 0. The lowest BCUT2D eigenvalue weighted by Crippen LogP contribution is -2.37. The van der Waals surface area contributed by atoms with Gasteiger partial charge in [-0.15, -0.1) is 0 Å². The highest BCUT2D eigenvalue weighted by molar-refractivity contribution is 9.10. The highest BCUT2D eigenvalue weighted by Gasteiger charge is 2.17. The second-order valence-corrected chi connectivity index (χ2v) is 6.91. The summed E-state index contributed by atoms with van der Waals surface area (Å²) in [7, 11) is 6.81. The molecule has 0 aliphatic rings. The van der Waals surface area contributed by atoms with Gasteiger partial charge in [0, 0.05) is 23.2 Å². The number of anilines is 1. The van der Waals surface area contributed by atoms with Crippen molar-refractivity contribution in [1.29, 1.82) is 0 Å². The first-order valence-electron chi connectivity index (χ1n) is 8.24. The average Bonchev–Trinajstić information content (AvgIpc) is 2.63. The Kier molecular flexibility index (Phi) is 7.44. The molecule has 2 rings (SSSR count). The molecule has 0 heterocycles. The van der Waals surface area contributed by atoms with Crippen LogP contribution in [0, 0.1) is 5.82 Å². The van der Waals surface area contributed by atoms with Crippen LogP contribution in [0.25, 0.3) is 0 Å². The number of carbonyl (C=O) groups is 1. The molecule has 27 heavy (non-hydrogen) atoms. The van der Waals surface area contributed by atoms with Crippen LogP contribution >= 0.6 is 15.9 Å². The van der Waals surface area contributed by atoms with Crippen LogP contribution in [-0.2, 0) is 0 Å². The number of hydrogen-bond acceptors (Lipinski definition) is 4. The Morgan fingerprint density at radius 1 is 1.19 bits per heavy atom. The zero-order valence-electron chi connectivity index (χ0n) is 15.7. The Hall–Kier alpha value is -2.32. The molecule has 0 bridgehead atoms. The molecule has 0 fully saturated rings. The molecule has 0 saturated carbocycles. The van der Waals surface area contributed by atoms with Crippen LogP contribution in [0.2, 0.25) is 0 Å². The normalized spacial score (nSPS) is 11.8. The van der Waals surface area contributed by atoms with Gasteiger partial charge in [0.05, 0.1) is 25.9 Å². The lowest BCUT2D eigenvalue weighted by Gasteiger charge is -2.25. The van der Waals surface area contributed by atoms with Crippen molar-refractivity contribution >= 4 is 27.6 Å². The third kappa shape index (κ3) is 5.58. The lowest BCUT2D eigenvalue weighted by atomic mass is 10.1. The summed E-state index contributed by atoms with van der Waals surface area (Å²) in [5, 5.41) is 5.59. The van der Waals surface area contributed by atoms with E-state index >= 15 is 0 Å². The van der Waals surface area contributed by atoms with Crippen LogP contribution in [0.1, 0.15) is 11.6 Å². The zero-order chi connectivity index (χ0) is 20.0. The molecule has 2 aromatic rings. The number of ether oxygens (including phenoxy) is 2. The third-order valence-corrected chi connectivity index (χ3v) is 4.69. The molecular weight excluding hydrogens is 417 g/mol. The number of urea groups is 1. The molecule has 2 amide bonds. The van der Waals surface area contributed by atoms with Crippen molar-refractivity contribution in [1.82, 2.24) is 10.2 Å². The van der Waals surface area contributed by atoms with Crippen LogP contribution in [0.5, 0.6) is 11.5 Å². The molecule has 2 aromatic carbocycles.